The lowest BCUT2D eigenvalue weighted by Crippen LogP contribution is -2.51. The van der Waals surface area contributed by atoms with Crippen molar-refractivity contribution in [3.05, 3.63) is 65.7 Å². The Morgan fingerprint density at radius 3 is 2.73 bits per heavy atom. The lowest BCUT2D eigenvalue weighted by Gasteiger charge is -2.51. The average molecular weight is 350 g/mol. The smallest absolute Gasteiger partial charge is 0.115 e. The summed E-state index contributed by atoms with van der Waals surface area (Å²) in [5.41, 5.74) is 3.14. The van der Waals surface area contributed by atoms with Gasteiger partial charge in [0.2, 0.25) is 0 Å². The van der Waals surface area contributed by atoms with Gasteiger partial charge in [-0.15, -0.1) is 0 Å². The van der Waals surface area contributed by atoms with Crippen LogP contribution in [-0.4, -0.2) is 29.1 Å². The van der Waals surface area contributed by atoms with Gasteiger partial charge in [0.1, 0.15) is 5.75 Å². The molecule has 1 saturated carbocycles. The number of likely N-dealkylation sites (tertiary alicyclic amines) is 1. The molecule has 0 radical (unpaired) electrons. The van der Waals surface area contributed by atoms with Crippen molar-refractivity contribution in [3.8, 4) is 5.75 Å². The highest BCUT2D eigenvalue weighted by molar-refractivity contribution is 5.34. The van der Waals surface area contributed by atoms with Gasteiger partial charge in [0.15, 0.2) is 0 Å². The fourth-order valence-electron chi connectivity index (χ4n) is 5.24. The Labute approximate surface area is 157 Å². The van der Waals surface area contributed by atoms with Gasteiger partial charge in [0.05, 0.1) is 0 Å². The summed E-state index contributed by atoms with van der Waals surface area (Å²) in [6.07, 6.45) is 10.2. The number of phenolic OH excluding ortho intramolecular Hbond substituents is 1. The standard InChI is InChI=1S/C24H31NO/c26-23-13-6-11-21(18-23)24-14-7-12-22(19-24)25(17-15-24)16-5-4-10-20-8-2-1-3-9-20/h1-3,6,8-9,11,13,18,22,26H,4-5,7,10,12,14-17,19H2/t22-,24+/m1/s1. The first-order valence-electron chi connectivity index (χ1n) is 10.3. The van der Waals surface area contributed by atoms with E-state index in [1.807, 2.05) is 12.1 Å². The van der Waals surface area contributed by atoms with E-state index in [9.17, 15) is 5.11 Å². The third-order valence-corrected chi connectivity index (χ3v) is 6.68. The van der Waals surface area contributed by atoms with Crippen molar-refractivity contribution < 1.29 is 5.11 Å². The van der Waals surface area contributed by atoms with Crippen LogP contribution in [0.3, 0.4) is 0 Å². The van der Waals surface area contributed by atoms with Gasteiger partial charge in [-0.25, -0.2) is 0 Å². The Kier molecular flexibility index (Phi) is 5.31. The fraction of sp³-hybridized carbons (Fsp3) is 0.500. The molecule has 2 aliphatic rings. The minimum Gasteiger partial charge on any atom is -0.508 e. The van der Waals surface area contributed by atoms with E-state index in [0.29, 0.717) is 11.2 Å². The van der Waals surface area contributed by atoms with Crippen molar-refractivity contribution in [2.75, 3.05) is 13.1 Å². The lowest BCUT2D eigenvalue weighted by atomic mass is 9.63. The van der Waals surface area contributed by atoms with Gasteiger partial charge < -0.3 is 10.0 Å². The van der Waals surface area contributed by atoms with Crippen molar-refractivity contribution in [1.29, 1.82) is 0 Å². The number of nitrogens with zero attached hydrogens (tertiary/aromatic N) is 1. The molecule has 0 unspecified atom stereocenters. The predicted molar refractivity (Wildman–Crippen MR) is 108 cm³/mol. The maximum Gasteiger partial charge on any atom is 0.115 e. The van der Waals surface area contributed by atoms with Gasteiger partial charge in [-0.3, -0.25) is 0 Å². The number of piperidine rings is 1. The summed E-state index contributed by atoms with van der Waals surface area (Å²) in [4.78, 5) is 2.76. The van der Waals surface area contributed by atoms with Crippen molar-refractivity contribution >= 4 is 0 Å². The highest BCUT2D eigenvalue weighted by atomic mass is 16.3. The van der Waals surface area contributed by atoms with E-state index in [1.54, 1.807) is 6.07 Å². The number of benzene rings is 2. The van der Waals surface area contributed by atoms with E-state index in [-0.39, 0.29) is 0 Å². The number of unbranched alkanes of at least 4 members (excludes halogenated alkanes) is 1. The minimum atomic E-state index is 0.308. The van der Waals surface area contributed by atoms with Crippen LogP contribution in [-0.2, 0) is 11.8 Å². The Balaban J connectivity index is 1.33. The normalized spacial score (nSPS) is 25.9. The molecule has 2 aromatic rings. The Hall–Kier alpha value is -1.80. The molecule has 2 bridgehead atoms. The van der Waals surface area contributed by atoms with Crippen molar-refractivity contribution in [2.45, 2.75) is 62.8 Å². The summed E-state index contributed by atoms with van der Waals surface area (Å²) >= 11 is 0. The van der Waals surface area contributed by atoms with Crippen molar-refractivity contribution in [3.63, 3.8) is 0 Å². The molecule has 2 heteroatoms. The second-order valence-electron chi connectivity index (χ2n) is 8.31. The van der Waals surface area contributed by atoms with Gasteiger partial charge >= 0.3 is 0 Å². The van der Waals surface area contributed by atoms with Gasteiger partial charge in [-0.1, -0.05) is 48.9 Å². The third kappa shape index (κ3) is 3.81. The highest BCUT2D eigenvalue weighted by Gasteiger charge is 2.43. The molecule has 138 valence electrons. The molecule has 1 saturated heterocycles. The SMILES string of the molecule is Oc1cccc([C@]23CCC[C@H](C2)N(CCCCc2ccccc2)CC3)c1. The first-order valence-corrected chi connectivity index (χ1v) is 10.3. The molecule has 2 aromatic carbocycles. The summed E-state index contributed by atoms with van der Waals surface area (Å²) in [5.74, 6) is 0.419. The van der Waals surface area contributed by atoms with E-state index in [0.717, 1.165) is 6.04 Å². The first kappa shape index (κ1) is 17.6. The molecule has 1 N–H and O–H groups in total. The number of rotatable bonds is 6. The second kappa shape index (κ2) is 7.84. The molecule has 0 amide bonds. The zero-order valence-corrected chi connectivity index (χ0v) is 15.7. The Bertz CT molecular complexity index is 713. The van der Waals surface area contributed by atoms with E-state index in [1.165, 1.54) is 75.6 Å². The molecular weight excluding hydrogens is 318 g/mol. The maximum absolute atomic E-state index is 9.92. The highest BCUT2D eigenvalue weighted by Crippen LogP contribution is 2.47. The van der Waals surface area contributed by atoms with E-state index in [2.05, 4.69) is 41.3 Å². The molecular formula is C24H31NO. The molecule has 0 aromatic heterocycles. The zero-order valence-electron chi connectivity index (χ0n) is 15.7. The van der Waals surface area contributed by atoms with Crippen LogP contribution in [0.25, 0.3) is 0 Å². The number of phenols is 1. The Morgan fingerprint density at radius 2 is 1.88 bits per heavy atom. The van der Waals surface area contributed by atoms with Crippen LogP contribution in [0.5, 0.6) is 5.75 Å². The number of aromatic hydroxyl groups is 1. The van der Waals surface area contributed by atoms with E-state index in [4.69, 9.17) is 0 Å². The zero-order chi connectivity index (χ0) is 17.8. The lowest BCUT2D eigenvalue weighted by molar-refractivity contribution is 0.0504. The molecule has 1 heterocycles. The van der Waals surface area contributed by atoms with Crippen LogP contribution in [0, 0.1) is 0 Å². The fourth-order valence-corrected chi connectivity index (χ4v) is 5.24. The molecule has 2 fully saturated rings. The molecule has 0 spiro atoms. The van der Waals surface area contributed by atoms with E-state index < -0.39 is 0 Å². The van der Waals surface area contributed by atoms with E-state index >= 15 is 0 Å². The molecule has 4 rings (SSSR count). The molecule has 1 aliphatic carbocycles. The number of hydrogen-bond acceptors (Lipinski definition) is 2. The summed E-state index contributed by atoms with van der Waals surface area (Å²) in [7, 11) is 0. The predicted octanol–water partition coefficient (Wildman–Crippen LogP) is 5.30. The summed E-state index contributed by atoms with van der Waals surface area (Å²) < 4.78 is 0. The second-order valence-corrected chi connectivity index (χ2v) is 8.31. The molecule has 1 aliphatic heterocycles. The number of aryl methyl sites for hydroxylation is 1. The average Bonchev–Trinajstić information content (AvgIpc) is 2.68. The summed E-state index contributed by atoms with van der Waals surface area (Å²) in [5, 5.41) is 9.92. The van der Waals surface area contributed by atoms with Crippen molar-refractivity contribution in [2.24, 2.45) is 0 Å². The molecule has 2 atom stereocenters. The third-order valence-electron chi connectivity index (χ3n) is 6.68. The topological polar surface area (TPSA) is 23.5 Å². The van der Waals surface area contributed by atoms with Crippen LogP contribution in [0.4, 0.5) is 0 Å². The van der Waals surface area contributed by atoms with Gasteiger partial charge in [-0.05, 0) is 86.7 Å². The van der Waals surface area contributed by atoms with Crippen LogP contribution >= 0.6 is 0 Å². The van der Waals surface area contributed by atoms with Crippen LogP contribution in [0.15, 0.2) is 54.6 Å². The van der Waals surface area contributed by atoms with Crippen LogP contribution in [0.2, 0.25) is 0 Å². The summed E-state index contributed by atoms with van der Waals surface area (Å²) in [6, 6.07) is 19.6. The Morgan fingerprint density at radius 1 is 1.00 bits per heavy atom. The van der Waals surface area contributed by atoms with Crippen LogP contribution in [0.1, 0.15) is 56.1 Å². The molecule has 26 heavy (non-hydrogen) atoms. The number of hydrogen-bond donors (Lipinski definition) is 1. The van der Waals surface area contributed by atoms with Gasteiger partial charge in [-0.2, -0.15) is 0 Å². The summed E-state index contributed by atoms with van der Waals surface area (Å²) in [6.45, 7) is 2.46. The number of fused-ring (bicyclic) bond motifs is 2. The maximum atomic E-state index is 9.92. The van der Waals surface area contributed by atoms with Gasteiger partial charge in [0, 0.05) is 6.04 Å². The van der Waals surface area contributed by atoms with Crippen LogP contribution < -0.4 is 0 Å². The molecule has 2 nitrogen and oxygen atoms in total. The minimum absolute atomic E-state index is 0.308. The largest absolute Gasteiger partial charge is 0.508 e. The van der Waals surface area contributed by atoms with Crippen molar-refractivity contribution in [1.82, 2.24) is 4.90 Å². The first-order chi connectivity index (χ1) is 12.8. The quantitative estimate of drug-likeness (QED) is 0.715. The van der Waals surface area contributed by atoms with Gasteiger partial charge in [0.25, 0.3) is 0 Å². The monoisotopic (exact) mass is 349 g/mol.